The molecule has 0 aromatic carbocycles. The lowest BCUT2D eigenvalue weighted by atomic mass is 10.4. The Bertz CT molecular complexity index is 464. The molecule has 0 saturated carbocycles. The minimum Gasteiger partial charge on any atom is -0.403 e. The zero-order valence-corrected chi connectivity index (χ0v) is 8.73. The zero-order chi connectivity index (χ0) is 11.4. The van der Waals surface area contributed by atoms with Crippen LogP contribution in [0.1, 0.15) is 5.69 Å². The van der Waals surface area contributed by atoms with E-state index in [2.05, 4.69) is 10.1 Å². The number of hydrogen-bond acceptors (Lipinski definition) is 4. The highest BCUT2D eigenvalue weighted by atomic mass is 35.5. The van der Waals surface area contributed by atoms with Gasteiger partial charge in [-0.2, -0.15) is 10.4 Å². The van der Waals surface area contributed by atoms with E-state index in [0.717, 1.165) is 6.20 Å². The predicted molar refractivity (Wildman–Crippen MR) is 57.3 cm³/mol. The lowest BCUT2D eigenvalue weighted by Crippen LogP contribution is -2.12. The van der Waals surface area contributed by atoms with Gasteiger partial charge >= 0.3 is 0 Å². The highest BCUT2D eigenvalue weighted by molar-refractivity contribution is 6.43. The van der Waals surface area contributed by atoms with Gasteiger partial charge in [0.2, 0.25) is 0 Å². The minimum atomic E-state index is 0.0451. The first-order valence-corrected chi connectivity index (χ1v) is 4.32. The summed E-state index contributed by atoms with van der Waals surface area (Å²) in [5.74, 6) is 0.0451. The van der Waals surface area contributed by atoms with Crippen molar-refractivity contribution in [3.05, 3.63) is 23.1 Å². The second-order valence-corrected chi connectivity index (χ2v) is 3.07. The molecule has 1 aromatic rings. The second kappa shape index (κ2) is 4.48. The van der Waals surface area contributed by atoms with Gasteiger partial charge in [-0.05, 0) is 0 Å². The number of rotatable bonds is 2. The monoisotopic (exact) mass is 224 g/mol. The van der Waals surface area contributed by atoms with Gasteiger partial charge in [0.15, 0.2) is 5.69 Å². The van der Waals surface area contributed by atoms with Crippen LogP contribution in [0.5, 0.6) is 0 Å². The van der Waals surface area contributed by atoms with Crippen molar-refractivity contribution >= 4 is 23.1 Å². The maximum atomic E-state index is 8.73. The summed E-state index contributed by atoms with van der Waals surface area (Å²) in [7, 11) is 1.68. The Balaban J connectivity index is 3.14. The minimum absolute atomic E-state index is 0.0451. The van der Waals surface area contributed by atoms with Crippen LogP contribution in [0.2, 0.25) is 0 Å². The molecule has 0 amide bonds. The molecule has 15 heavy (non-hydrogen) atoms. The van der Waals surface area contributed by atoms with Crippen molar-refractivity contribution in [2.24, 2.45) is 23.5 Å². The van der Waals surface area contributed by atoms with E-state index in [-0.39, 0.29) is 16.6 Å². The van der Waals surface area contributed by atoms with E-state index in [0.29, 0.717) is 5.69 Å². The third kappa shape index (κ3) is 2.48. The summed E-state index contributed by atoms with van der Waals surface area (Å²) in [5, 5.41) is 12.7. The zero-order valence-electron chi connectivity index (χ0n) is 7.98. The Labute approximate surface area is 91.4 Å². The summed E-state index contributed by atoms with van der Waals surface area (Å²) in [6.07, 6.45) is 2.69. The fourth-order valence-corrected chi connectivity index (χ4v) is 0.948. The molecule has 0 fully saturated rings. The molecule has 0 spiro atoms. The van der Waals surface area contributed by atoms with Crippen molar-refractivity contribution in [3.8, 4) is 6.07 Å². The maximum Gasteiger partial charge on any atom is 0.188 e. The lowest BCUT2D eigenvalue weighted by Gasteiger charge is -1.95. The number of aromatic nitrogens is 2. The van der Waals surface area contributed by atoms with Gasteiger partial charge in [-0.15, -0.1) is 0 Å². The molecule has 0 saturated heterocycles. The first-order valence-electron chi connectivity index (χ1n) is 3.94. The Morgan fingerprint density at radius 2 is 2.47 bits per heavy atom. The van der Waals surface area contributed by atoms with Gasteiger partial charge in [-0.25, -0.2) is 4.99 Å². The fraction of sp³-hybridized carbons (Fsp3) is 0.125. The van der Waals surface area contributed by atoms with Crippen LogP contribution in [0.4, 0.5) is 5.69 Å². The van der Waals surface area contributed by atoms with Crippen LogP contribution < -0.4 is 11.5 Å². The molecule has 0 bridgehead atoms. The van der Waals surface area contributed by atoms with Gasteiger partial charge in [-0.1, -0.05) is 11.6 Å². The molecule has 0 aliphatic heterocycles. The third-order valence-corrected chi connectivity index (χ3v) is 1.87. The highest BCUT2D eigenvalue weighted by Gasteiger charge is 2.07. The average molecular weight is 225 g/mol. The molecule has 78 valence electrons. The molecule has 0 aliphatic rings. The van der Waals surface area contributed by atoms with Gasteiger partial charge in [0.25, 0.3) is 0 Å². The molecule has 0 radical (unpaired) electrons. The molecule has 0 unspecified atom stereocenters. The third-order valence-electron chi connectivity index (χ3n) is 1.55. The normalized spacial score (nSPS) is 12.6. The summed E-state index contributed by atoms with van der Waals surface area (Å²) in [4.78, 5) is 3.93. The number of halogens is 1. The van der Waals surface area contributed by atoms with E-state index >= 15 is 0 Å². The standard InChI is InChI=1S/C8H9ClN6/c1-15-4-7(6(3-11)14-15)13-8(12)5(9)2-10/h2,4H,10H2,1H3,(H2,12,13)/b5-2+. The van der Waals surface area contributed by atoms with Crippen molar-refractivity contribution in [1.29, 1.82) is 5.26 Å². The Kier molecular flexibility index (Phi) is 3.31. The molecule has 4 N–H and O–H groups in total. The van der Waals surface area contributed by atoms with Gasteiger partial charge in [0.1, 0.15) is 17.6 Å². The van der Waals surface area contributed by atoms with E-state index in [4.69, 9.17) is 28.3 Å². The summed E-state index contributed by atoms with van der Waals surface area (Å²) in [6, 6.07) is 1.89. The van der Waals surface area contributed by atoms with Crippen LogP contribution in [0.15, 0.2) is 22.4 Å². The maximum absolute atomic E-state index is 8.73. The second-order valence-electron chi connectivity index (χ2n) is 2.66. The number of aryl methyl sites for hydroxylation is 1. The van der Waals surface area contributed by atoms with Crippen LogP contribution >= 0.6 is 11.6 Å². The van der Waals surface area contributed by atoms with Gasteiger partial charge < -0.3 is 11.5 Å². The molecular formula is C8H9ClN6. The first-order chi connectivity index (χ1) is 7.08. The topological polar surface area (TPSA) is 106 Å². The first kappa shape index (κ1) is 11.1. The summed E-state index contributed by atoms with van der Waals surface area (Å²) >= 11 is 5.64. The van der Waals surface area contributed by atoms with Crippen LogP contribution in [-0.4, -0.2) is 15.6 Å². The molecule has 1 aromatic heterocycles. The molecular weight excluding hydrogens is 216 g/mol. The van der Waals surface area contributed by atoms with Gasteiger partial charge in [0, 0.05) is 13.2 Å². The lowest BCUT2D eigenvalue weighted by molar-refractivity contribution is 0.763. The number of nitrogens with zero attached hydrogens (tertiary/aromatic N) is 4. The van der Waals surface area contributed by atoms with Crippen LogP contribution in [0.25, 0.3) is 0 Å². The number of nitrogens with two attached hydrogens (primary N) is 2. The number of nitriles is 1. The molecule has 0 aliphatic carbocycles. The Hall–Kier alpha value is -2.00. The molecule has 1 heterocycles. The summed E-state index contributed by atoms with van der Waals surface area (Å²) < 4.78 is 1.46. The fourth-order valence-electron chi connectivity index (χ4n) is 0.906. The van der Waals surface area contributed by atoms with E-state index in [9.17, 15) is 0 Å². The largest absolute Gasteiger partial charge is 0.403 e. The van der Waals surface area contributed by atoms with E-state index in [1.165, 1.54) is 4.68 Å². The van der Waals surface area contributed by atoms with Crippen LogP contribution in [0, 0.1) is 11.3 Å². The number of hydrogen-bond donors (Lipinski definition) is 2. The quantitative estimate of drug-likeness (QED) is 0.557. The van der Waals surface area contributed by atoms with Crippen molar-refractivity contribution in [3.63, 3.8) is 0 Å². The smallest absolute Gasteiger partial charge is 0.188 e. The van der Waals surface area contributed by atoms with Crippen molar-refractivity contribution < 1.29 is 0 Å². The predicted octanol–water partition coefficient (Wildman–Crippen LogP) is 0.319. The van der Waals surface area contributed by atoms with Gasteiger partial charge in [0.05, 0.1) is 11.2 Å². The SMILES string of the molecule is Cn1cc(N=C(N)/C(Cl)=C\N)c(C#N)n1. The number of amidine groups is 1. The van der Waals surface area contributed by atoms with Crippen LogP contribution in [-0.2, 0) is 7.05 Å². The van der Waals surface area contributed by atoms with Crippen molar-refractivity contribution in [2.45, 2.75) is 0 Å². The molecule has 7 heteroatoms. The Morgan fingerprint density at radius 1 is 1.80 bits per heavy atom. The Morgan fingerprint density at radius 3 is 3.00 bits per heavy atom. The van der Waals surface area contributed by atoms with E-state index < -0.39 is 0 Å². The summed E-state index contributed by atoms with van der Waals surface area (Å²) in [6.45, 7) is 0. The molecule has 1 rings (SSSR count). The van der Waals surface area contributed by atoms with Crippen molar-refractivity contribution in [2.75, 3.05) is 0 Å². The molecule has 0 atom stereocenters. The number of aliphatic imine (C=N–C) groups is 1. The van der Waals surface area contributed by atoms with Crippen LogP contribution in [0.3, 0.4) is 0 Å². The van der Waals surface area contributed by atoms with E-state index in [1.807, 2.05) is 6.07 Å². The summed E-state index contributed by atoms with van der Waals surface area (Å²) in [5.41, 5.74) is 11.2. The highest BCUT2D eigenvalue weighted by Crippen LogP contribution is 2.17. The van der Waals surface area contributed by atoms with Gasteiger partial charge in [-0.3, -0.25) is 4.68 Å². The van der Waals surface area contributed by atoms with Crippen molar-refractivity contribution in [1.82, 2.24) is 9.78 Å². The van der Waals surface area contributed by atoms with E-state index in [1.54, 1.807) is 13.2 Å². The molecule has 6 nitrogen and oxygen atoms in total. The average Bonchev–Trinajstić information content (AvgIpc) is 2.57.